The molecular formula is C16H19FN2O4S. The quantitative estimate of drug-likeness (QED) is 0.827. The maximum atomic E-state index is 12.8. The van der Waals surface area contributed by atoms with Gasteiger partial charge in [-0.3, -0.25) is 4.79 Å². The highest BCUT2D eigenvalue weighted by Gasteiger charge is 2.20. The van der Waals surface area contributed by atoms with Gasteiger partial charge in [0, 0.05) is 20.0 Å². The summed E-state index contributed by atoms with van der Waals surface area (Å²) in [5.41, 5.74) is 0. The van der Waals surface area contributed by atoms with Crippen molar-refractivity contribution < 1.29 is 22.0 Å². The number of nitrogens with zero attached hydrogens (tertiary/aromatic N) is 1. The first-order chi connectivity index (χ1) is 11.3. The molecule has 1 N–H and O–H groups in total. The Morgan fingerprint density at radius 2 is 1.96 bits per heavy atom. The van der Waals surface area contributed by atoms with Crippen LogP contribution in [0.5, 0.6) is 0 Å². The second kappa shape index (κ2) is 7.59. The van der Waals surface area contributed by atoms with E-state index in [2.05, 4.69) is 4.72 Å². The standard InChI is InChI=1S/C16H19FN2O4S/c1-12(15-4-3-11-23-15)19(2)16(20)9-10-18-24(21,22)14-7-5-13(17)6-8-14/h3-8,11-12,18H,9-10H2,1-2H3. The summed E-state index contributed by atoms with van der Waals surface area (Å²) in [6.07, 6.45) is 1.53. The van der Waals surface area contributed by atoms with Crippen molar-refractivity contribution in [2.24, 2.45) is 0 Å². The van der Waals surface area contributed by atoms with Crippen LogP contribution in [0, 0.1) is 5.82 Å². The van der Waals surface area contributed by atoms with E-state index < -0.39 is 15.8 Å². The number of sulfonamides is 1. The van der Waals surface area contributed by atoms with Crippen LogP contribution in [0.2, 0.25) is 0 Å². The number of carbonyl (C=O) groups excluding carboxylic acids is 1. The molecule has 0 fully saturated rings. The average molecular weight is 354 g/mol. The van der Waals surface area contributed by atoms with Crippen molar-refractivity contribution in [3.8, 4) is 0 Å². The lowest BCUT2D eigenvalue weighted by Crippen LogP contribution is -2.33. The van der Waals surface area contributed by atoms with Gasteiger partial charge in [-0.2, -0.15) is 0 Å². The van der Waals surface area contributed by atoms with E-state index in [1.165, 1.54) is 23.3 Å². The van der Waals surface area contributed by atoms with Crippen LogP contribution in [-0.2, 0) is 14.8 Å². The first-order valence-electron chi connectivity index (χ1n) is 7.35. The van der Waals surface area contributed by atoms with Crippen molar-refractivity contribution in [1.29, 1.82) is 0 Å². The summed E-state index contributed by atoms with van der Waals surface area (Å²) in [6, 6.07) is 7.74. The van der Waals surface area contributed by atoms with E-state index in [-0.39, 0.29) is 29.8 Å². The average Bonchev–Trinajstić information content (AvgIpc) is 3.08. The number of benzene rings is 1. The molecule has 2 aromatic rings. The minimum atomic E-state index is -3.77. The molecule has 2 rings (SSSR count). The van der Waals surface area contributed by atoms with Crippen molar-refractivity contribution in [2.45, 2.75) is 24.3 Å². The Labute approximate surface area is 140 Å². The molecule has 0 bridgehead atoms. The summed E-state index contributed by atoms with van der Waals surface area (Å²) >= 11 is 0. The molecule has 0 spiro atoms. The van der Waals surface area contributed by atoms with E-state index in [0.717, 1.165) is 12.1 Å². The van der Waals surface area contributed by atoms with Gasteiger partial charge in [0.05, 0.1) is 17.2 Å². The van der Waals surface area contributed by atoms with Crippen molar-refractivity contribution in [2.75, 3.05) is 13.6 Å². The smallest absolute Gasteiger partial charge is 0.240 e. The van der Waals surface area contributed by atoms with Gasteiger partial charge in [-0.15, -0.1) is 0 Å². The lowest BCUT2D eigenvalue weighted by molar-refractivity contribution is -0.131. The SMILES string of the molecule is CC(c1ccco1)N(C)C(=O)CCNS(=O)(=O)c1ccc(F)cc1. The van der Waals surface area contributed by atoms with Gasteiger partial charge >= 0.3 is 0 Å². The molecule has 1 amide bonds. The first kappa shape index (κ1) is 18.2. The number of halogens is 1. The van der Waals surface area contributed by atoms with E-state index in [4.69, 9.17) is 4.42 Å². The molecule has 6 nitrogen and oxygen atoms in total. The molecule has 0 aliphatic carbocycles. The third-order valence-electron chi connectivity index (χ3n) is 3.68. The maximum Gasteiger partial charge on any atom is 0.240 e. The third-order valence-corrected chi connectivity index (χ3v) is 5.16. The summed E-state index contributed by atoms with van der Waals surface area (Å²) in [4.78, 5) is 13.6. The van der Waals surface area contributed by atoms with Crippen molar-refractivity contribution in [1.82, 2.24) is 9.62 Å². The van der Waals surface area contributed by atoms with Gasteiger partial charge in [0.15, 0.2) is 0 Å². The zero-order chi connectivity index (χ0) is 17.7. The van der Waals surface area contributed by atoms with E-state index in [9.17, 15) is 17.6 Å². The Bertz CT molecular complexity index is 773. The largest absolute Gasteiger partial charge is 0.467 e. The van der Waals surface area contributed by atoms with Crippen LogP contribution in [0.15, 0.2) is 52.0 Å². The number of nitrogens with one attached hydrogen (secondary N) is 1. The van der Waals surface area contributed by atoms with Gasteiger partial charge in [0.25, 0.3) is 0 Å². The van der Waals surface area contributed by atoms with Crippen LogP contribution in [0.3, 0.4) is 0 Å². The molecule has 8 heteroatoms. The number of rotatable bonds is 7. The number of amides is 1. The normalized spacial score (nSPS) is 12.8. The third kappa shape index (κ3) is 4.42. The molecule has 1 atom stereocenters. The molecule has 1 heterocycles. The summed E-state index contributed by atoms with van der Waals surface area (Å²) in [6.45, 7) is 1.77. The van der Waals surface area contributed by atoms with Gasteiger partial charge in [0.1, 0.15) is 11.6 Å². The number of furan rings is 1. The van der Waals surface area contributed by atoms with Crippen LogP contribution in [0.25, 0.3) is 0 Å². The molecule has 0 saturated carbocycles. The first-order valence-corrected chi connectivity index (χ1v) is 8.84. The fourth-order valence-electron chi connectivity index (χ4n) is 2.10. The molecule has 0 aliphatic heterocycles. The second-order valence-electron chi connectivity index (χ2n) is 5.30. The Kier molecular flexibility index (Phi) is 5.74. The maximum absolute atomic E-state index is 12.8. The topological polar surface area (TPSA) is 79.6 Å². The van der Waals surface area contributed by atoms with Crippen LogP contribution < -0.4 is 4.72 Å². The van der Waals surface area contributed by atoms with E-state index in [0.29, 0.717) is 5.76 Å². The molecule has 0 saturated heterocycles. The Morgan fingerprint density at radius 3 is 2.54 bits per heavy atom. The summed E-state index contributed by atoms with van der Waals surface area (Å²) in [5, 5.41) is 0. The monoisotopic (exact) mass is 354 g/mol. The highest BCUT2D eigenvalue weighted by atomic mass is 32.2. The second-order valence-corrected chi connectivity index (χ2v) is 7.06. The molecule has 1 aromatic carbocycles. The van der Waals surface area contributed by atoms with Crippen LogP contribution >= 0.6 is 0 Å². The molecule has 1 unspecified atom stereocenters. The lowest BCUT2D eigenvalue weighted by Gasteiger charge is -2.23. The van der Waals surface area contributed by atoms with Gasteiger partial charge in [-0.1, -0.05) is 0 Å². The Morgan fingerprint density at radius 1 is 1.29 bits per heavy atom. The zero-order valence-corrected chi connectivity index (χ0v) is 14.2. The van der Waals surface area contributed by atoms with E-state index >= 15 is 0 Å². The molecule has 0 aliphatic rings. The lowest BCUT2D eigenvalue weighted by atomic mass is 10.2. The van der Waals surface area contributed by atoms with Crippen LogP contribution in [0.1, 0.15) is 25.1 Å². The number of carbonyl (C=O) groups is 1. The fourth-order valence-corrected chi connectivity index (χ4v) is 3.13. The summed E-state index contributed by atoms with van der Waals surface area (Å²) in [5.74, 6) is -0.0869. The molecule has 130 valence electrons. The summed E-state index contributed by atoms with van der Waals surface area (Å²) < 4.78 is 44.5. The minimum absolute atomic E-state index is 0.00196. The van der Waals surface area contributed by atoms with Gasteiger partial charge in [0.2, 0.25) is 15.9 Å². The van der Waals surface area contributed by atoms with Crippen molar-refractivity contribution in [3.05, 3.63) is 54.2 Å². The zero-order valence-electron chi connectivity index (χ0n) is 13.4. The molecular weight excluding hydrogens is 335 g/mol. The highest BCUT2D eigenvalue weighted by molar-refractivity contribution is 7.89. The molecule has 24 heavy (non-hydrogen) atoms. The van der Waals surface area contributed by atoms with Gasteiger partial charge in [-0.25, -0.2) is 17.5 Å². The van der Waals surface area contributed by atoms with E-state index in [1.807, 2.05) is 6.92 Å². The predicted octanol–water partition coefficient (Wildman–Crippen LogP) is 2.31. The minimum Gasteiger partial charge on any atom is -0.467 e. The Hall–Kier alpha value is -2.19. The summed E-state index contributed by atoms with van der Waals surface area (Å²) in [7, 11) is -2.14. The van der Waals surface area contributed by atoms with Gasteiger partial charge in [-0.05, 0) is 43.3 Å². The van der Waals surface area contributed by atoms with Gasteiger partial charge < -0.3 is 9.32 Å². The number of hydrogen-bond acceptors (Lipinski definition) is 4. The van der Waals surface area contributed by atoms with Crippen LogP contribution in [-0.4, -0.2) is 32.8 Å². The Balaban J connectivity index is 1.88. The predicted molar refractivity (Wildman–Crippen MR) is 86.1 cm³/mol. The highest BCUT2D eigenvalue weighted by Crippen LogP contribution is 2.19. The van der Waals surface area contributed by atoms with E-state index in [1.54, 1.807) is 19.2 Å². The molecule has 1 aromatic heterocycles. The van der Waals surface area contributed by atoms with Crippen molar-refractivity contribution in [3.63, 3.8) is 0 Å². The fraction of sp³-hybridized carbons (Fsp3) is 0.312. The number of hydrogen-bond donors (Lipinski definition) is 1. The molecule has 0 radical (unpaired) electrons. The van der Waals surface area contributed by atoms with Crippen LogP contribution in [0.4, 0.5) is 4.39 Å². The van der Waals surface area contributed by atoms with Crippen molar-refractivity contribution >= 4 is 15.9 Å².